The van der Waals surface area contributed by atoms with E-state index in [1.165, 1.54) is 17.1 Å². The van der Waals surface area contributed by atoms with Gasteiger partial charge in [0.25, 0.3) is 5.56 Å². The molecule has 4 aromatic rings. The first-order valence-corrected chi connectivity index (χ1v) is 11.4. The van der Waals surface area contributed by atoms with Crippen LogP contribution < -0.4 is 5.56 Å². The second-order valence-corrected chi connectivity index (χ2v) is 8.95. The van der Waals surface area contributed by atoms with E-state index in [1.807, 2.05) is 49.5 Å². The number of likely N-dealkylation sites (tertiary alicyclic amines) is 1. The minimum Gasteiger partial charge on any atom is -0.388 e. The van der Waals surface area contributed by atoms with Crippen LogP contribution in [0.2, 0.25) is 0 Å². The summed E-state index contributed by atoms with van der Waals surface area (Å²) in [6, 6.07) is 11.3. The Labute approximate surface area is 196 Å². The number of rotatable bonds is 6. The molecule has 1 fully saturated rings. The number of aliphatic hydroxyl groups is 1. The molecule has 1 unspecified atom stereocenters. The van der Waals surface area contributed by atoms with Crippen molar-refractivity contribution in [3.05, 3.63) is 71.7 Å². The molecule has 0 spiro atoms. The van der Waals surface area contributed by atoms with Gasteiger partial charge >= 0.3 is 0 Å². The molecule has 10 nitrogen and oxygen atoms in total. The molecule has 1 amide bonds. The van der Waals surface area contributed by atoms with Gasteiger partial charge in [-0.1, -0.05) is 18.2 Å². The molecule has 4 heterocycles. The maximum absolute atomic E-state index is 13.1. The number of hydrogen-bond donors (Lipinski definition) is 1. The van der Waals surface area contributed by atoms with E-state index in [1.54, 1.807) is 20.5 Å². The van der Waals surface area contributed by atoms with E-state index in [2.05, 4.69) is 15.2 Å². The first-order chi connectivity index (χ1) is 16.4. The Bertz CT molecular complexity index is 1340. The van der Waals surface area contributed by atoms with Gasteiger partial charge < -0.3 is 10.0 Å². The third-order valence-electron chi connectivity index (χ3n) is 6.51. The fraction of sp³-hybridized carbons (Fsp3) is 0.375. The summed E-state index contributed by atoms with van der Waals surface area (Å²) >= 11 is 0. The number of aromatic nitrogens is 6. The van der Waals surface area contributed by atoms with Crippen LogP contribution in [0.25, 0.3) is 16.7 Å². The van der Waals surface area contributed by atoms with Crippen LogP contribution in [0.3, 0.4) is 0 Å². The summed E-state index contributed by atoms with van der Waals surface area (Å²) in [5.41, 5.74) is -0.0306. The van der Waals surface area contributed by atoms with Crippen molar-refractivity contribution in [2.75, 3.05) is 13.1 Å². The second-order valence-electron chi connectivity index (χ2n) is 8.95. The summed E-state index contributed by atoms with van der Waals surface area (Å²) in [5, 5.41) is 20.1. The van der Waals surface area contributed by atoms with Crippen molar-refractivity contribution >= 4 is 16.9 Å². The molecule has 1 aliphatic rings. The van der Waals surface area contributed by atoms with Crippen molar-refractivity contribution in [2.24, 2.45) is 0 Å². The maximum atomic E-state index is 13.1. The third kappa shape index (κ3) is 4.24. The van der Waals surface area contributed by atoms with E-state index in [9.17, 15) is 14.7 Å². The zero-order valence-corrected chi connectivity index (χ0v) is 19.0. The highest BCUT2D eigenvalue weighted by Crippen LogP contribution is 2.25. The summed E-state index contributed by atoms with van der Waals surface area (Å²) in [6.07, 6.45) is 7.66. The molecule has 1 atom stereocenters. The number of benzene rings is 1. The molecule has 3 aromatic heterocycles. The minimum atomic E-state index is -1.08. The Morgan fingerprint density at radius 3 is 2.62 bits per heavy atom. The van der Waals surface area contributed by atoms with Gasteiger partial charge in [-0.05, 0) is 38.0 Å². The monoisotopic (exact) mass is 461 g/mol. The fourth-order valence-corrected chi connectivity index (χ4v) is 4.48. The van der Waals surface area contributed by atoms with Crippen LogP contribution in [-0.2, 0) is 11.3 Å². The molecule has 1 N–H and O–H groups in total. The van der Waals surface area contributed by atoms with Gasteiger partial charge in [-0.25, -0.2) is 9.67 Å². The average molecular weight is 462 g/mol. The minimum absolute atomic E-state index is 0.0310. The van der Waals surface area contributed by atoms with E-state index < -0.39 is 5.60 Å². The molecule has 0 radical (unpaired) electrons. The molecular weight excluding hydrogens is 434 g/mol. The van der Waals surface area contributed by atoms with Crippen LogP contribution >= 0.6 is 0 Å². The number of carbonyl (C=O) groups is 1. The zero-order chi connectivity index (χ0) is 23.7. The molecule has 0 aliphatic carbocycles. The van der Waals surface area contributed by atoms with Gasteiger partial charge in [0.2, 0.25) is 5.91 Å². The van der Waals surface area contributed by atoms with E-state index in [-0.39, 0.29) is 24.1 Å². The lowest BCUT2D eigenvalue weighted by molar-refractivity contribution is -0.136. The SMILES string of the molecule is CC(CC(=O)N1CCC(O)(Cn2cnc3c(cnn3-c3ccccc3)c2=O)CC1)n1cccn1. The van der Waals surface area contributed by atoms with Gasteiger partial charge in [0.05, 0.1) is 30.1 Å². The largest absolute Gasteiger partial charge is 0.388 e. The van der Waals surface area contributed by atoms with Gasteiger partial charge in [0.1, 0.15) is 11.7 Å². The molecule has 10 heteroatoms. The third-order valence-corrected chi connectivity index (χ3v) is 6.51. The van der Waals surface area contributed by atoms with E-state index in [4.69, 9.17) is 0 Å². The summed E-state index contributed by atoms with van der Waals surface area (Å²) in [4.78, 5) is 32.0. The number of amides is 1. The first kappa shape index (κ1) is 22.0. The van der Waals surface area contributed by atoms with Crippen LogP contribution in [0.5, 0.6) is 0 Å². The van der Waals surface area contributed by atoms with Crippen molar-refractivity contribution < 1.29 is 9.90 Å². The Balaban J connectivity index is 1.26. The number of carbonyl (C=O) groups excluding carboxylic acids is 1. The van der Waals surface area contributed by atoms with Crippen molar-refractivity contribution in [1.82, 2.24) is 34.0 Å². The van der Waals surface area contributed by atoms with Crippen molar-refractivity contribution in [3.8, 4) is 5.69 Å². The Kier molecular flexibility index (Phi) is 5.74. The molecule has 1 aromatic carbocycles. The van der Waals surface area contributed by atoms with Gasteiger partial charge in [-0.15, -0.1) is 0 Å². The lowest BCUT2D eigenvalue weighted by Crippen LogP contribution is -2.49. The molecule has 34 heavy (non-hydrogen) atoms. The average Bonchev–Trinajstić information content (AvgIpc) is 3.53. The molecule has 176 valence electrons. The molecule has 0 bridgehead atoms. The molecule has 5 rings (SSSR count). The zero-order valence-electron chi connectivity index (χ0n) is 19.0. The number of piperidine rings is 1. The van der Waals surface area contributed by atoms with Crippen LogP contribution in [0.4, 0.5) is 0 Å². The lowest BCUT2D eigenvalue weighted by Gasteiger charge is -2.38. The highest BCUT2D eigenvalue weighted by Gasteiger charge is 2.35. The van der Waals surface area contributed by atoms with Crippen LogP contribution in [0, 0.1) is 0 Å². The topological polar surface area (TPSA) is 111 Å². The number of para-hydroxylation sites is 1. The van der Waals surface area contributed by atoms with Gasteiger partial charge in [0.15, 0.2) is 5.65 Å². The maximum Gasteiger partial charge on any atom is 0.264 e. The second kappa shape index (κ2) is 8.86. The van der Waals surface area contributed by atoms with Crippen molar-refractivity contribution in [1.29, 1.82) is 0 Å². The van der Waals surface area contributed by atoms with Gasteiger partial charge in [-0.2, -0.15) is 10.2 Å². The smallest absolute Gasteiger partial charge is 0.264 e. The summed E-state index contributed by atoms with van der Waals surface area (Å²) in [6.45, 7) is 2.97. The molecule has 0 saturated carbocycles. The molecule has 1 saturated heterocycles. The highest BCUT2D eigenvalue weighted by molar-refractivity contribution is 5.77. The van der Waals surface area contributed by atoms with Crippen molar-refractivity contribution in [2.45, 2.75) is 44.4 Å². The lowest BCUT2D eigenvalue weighted by atomic mass is 9.91. The number of nitrogens with zero attached hydrogens (tertiary/aromatic N) is 7. The van der Waals surface area contributed by atoms with Gasteiger partial charge in [-0.3, -0.25) is 18.8 Å². The Hall–Kier alpha value is -3.79. The summed E-state index contributed by atoms with van der Waals surface area (Å²) in [5.74, 6) is 0.0404. The van der Waals surface area contributed by atoms with Crippen LogP contribution in [0.1, 0.15) is 32.2 Å². The standard InChI is InChI=1S/C24H27N7O3/c1-18(30-11-5-10-26-30)14-21(32)28-12-8-24(34,9-13-28)16-29-17-25-22-20(23(29)33)15-27-31(22)19-6-3-2-4-7-19/h2-7,10-11,15,17-18,34H,8-9,12-14,16H2,1H3. The highest BCUT2D eigenvalue weighted by atomic mass is 16.3. The van der Waals surface area contributed by atoms with Crippen LogP contribution in [-0.4, -0.2) is 63.7 Å². The van der Waals surface area contributed by atoms with Crippen LogP contribution in [0.15, 0.2) is 66.1 Å². The van der Waals surface area contributed by atoms with E-state index in [0.717, 1.165) is 5.69 Å². The molecule has 1 aliphatic heterocycles. The predicted octanol–water partition coefficient (Wildman–Crippen LogP) is 1.78. The first-order valence-electron chi connectivity index (χ1n) is 11.4. The number of fused-ring (bicyclic) bond motifs is 1. The van der Waals surface area contributed by atoms with E-state index in [0.29, 0.717) is 43.4 Å². The normalized spacial score (nSPS) is 16.6. The number of hydrogen-bond acceptors (Lipinski definition) is 6. The molecular formula is C24H27N7O3. The quantitative estimate of drug-likeness (QED) is 0.469. The summed E-state index contributed by atoms with van der Waals surface area (Å²) in [7, 11) is 0. The Morgan fingerprint density at radius 2 is 1.91 bits per heavy atom. The van der Waals surface area contributed by atoms with E-state index >= 15 is 0 Å². The summed E-state index contributed by atoms with van der Waals surface area (Å²) < 4.78 is 4.84. The van der Waals surface area contributed by atoms with Crippen molar-refractivity contribution in [3.63, 3.8) is 0 Å². The Morgan fingerprint density at radius 1 is 1.15 bits per heavy atom. The fourth-order valence-electron chi connectivity index (χ4n) is 4.48. The predicted molar refractivity (Wildman–Crippen MR) is 125 cm³/mol. The van der Waals surface area contributed by atoms with Gasteiger partial charge in [0, 0.05) is 31.9 Å².